The topological polar surface area (TPSA) is 76.1 Å². The van der Waals surface area contributed by atoms with Crippen molar-refractivity contribution in [3.63, 3.8) is 0 Å². The van der Waals surface area contributed by atoms with Crippen molar-refractivity contribution in [1.29, 1.82) is 0 Å². The van der Waals surface area contributed by atoms with Crippen LogP contribution in [0, 0.1) is 0 Å². The summed E-state index contributed by atoms with van der Waals surface area (Å²) in [6.07, 6.45) is 4.11. The number of carbonyl (C=O) groups excluding carboxylic acids is 2. The van der Waals surface area contributed by atoms with Crippen LogP contribution in [0.3, 0.4) is 0 Å². The van der Waals surface area contributed by atoms with Crippen molar-refractivity contribution < 1.29 is 24.2 Å². The Morgan fingerprint density at radius 3 is 2.27 bits per heavy atom. The minimum Gasteiger partial charge on any atom is -0.507 e. The van der Waals surface area contributed by atoms with E-state index in [0.29, 0.717) is 24.5 Å². The number of ether oxygens (including phenoxy) is 2. The molecule has 1 N–H and O–H groups in total. The lowest BCUT2D eigenvalue weighted by atomic mass is 9.94. The molecule has 176 valence electrons. The number of hydrogen-bond donors (Lipinski definition) is 1. The summed E-state index contributed by atoms with van der Waals surface area (Å²) in [5.74, 6) is -0.799. The lowest BCUT2D eigenvalue weighted by Gasteiger charge is -2.25. The fourth-order valence-electron chi connectivity index (χ4n) is 3.99. The van der Waals surface area contributed by atoms with Crippen molar-refractivity contribution >= 4 is 17.4 Å². The van der Waals surface area contributed by atoms with Gasteiger partial charge in [-0.3, -0.25) is 9.59 Å². The summed E-state index contributed by atoms with van der Waals surface area (Å²) in [7, 11) is 1.55. The Labute approximate surface area is 195 Å². The van der Waals surface area contributed by atoms with Crippen LogP contribution < -0.4 is 4.74 Å². The molecule has 1 aliphatic heterocycles. The van der Waals surface area contributed by atoms with Gasteiger partial charge < -0.3 is 19.5 Å². The fourth-order valence-corrected chi connectivity index (χ4v) is 3.99. The van der Waals surface area contributed by atoms with Crippen LogP contribution in [0.5, 0.6) is 5.75 Å². The van der Waals surface area contributed by atoms with Crippen molar-refractivity contribution in [1.82, 2.24) is 4.90 Å². The van der Waals surface area contributed by atoms with E-state index in [4.69, 9.17) is 9.47 Å². The van der Waals surface area contributed by atoms with E-state index in [1.54, 1.807) is 31.4 Å². The van der Waals surface area contributed by atoms with Crippen LogP contribution in [0.4, 0.5) is 0 Å². The molecule has 6 heteroatoms. The van der Waals surface area contributed by atoms with Crippen LogP contribution >= 0.6 is 0 Å². The average Bonchev–Trinajstić information content (AvgIpc) is 3.10. The molecule has 3 rings (SSSR count). The van der Waals surface area contributed by atoms with E-state index in [-0.39, 0.29) is 17.9 Å². The maximum atomic E-state index is 13.0. The second-order valence-corrected chi connectivity index (χ2v) is 8.16. The Kier molecular flexibility index (Phi) is 8.66. The number of unbranched alkanes of at least 4 members (excludes halogenated alkanes) is 2. The van der Waals surface area contributed by atoms with Crippen LogP contribution in [0.25, 0.3) is 5.76 Å². The molecule has 1 fully saturated rings. The third-order valence-electron chi connectivity index (χ3n) is 5.92. The van der Waals surface area contributed by atoms with Crippen molar-refractivity contribution in [3.05, 3.63) is 70.8 Å². The standard InChI is InChI=1S/C27H33NO5/c1-4-6-7-17-33-22-14-12-21(13-15-22)25(29)23-24(20-10-8-19(5-2)9-11-20)28(16-18-32-3)27(31)26(23)30/h8-15,24,29H,4-7,16-18H2,1-3H3/b25-23-. The highest BCUT2D eigenvalue weighted by Gasteiger charge is 2.45. The Bertz CT molecular complexity index is 979. The number of methoxy groups -OCH3 is 1. The molecule has 33 heavy (non-hydrogen) atoms. The van der Waals surface area contributed by atoms with Gasteiger partial charge in [-0.1, -0.05) is 51.0 Å². The molecule has 1 atom stereocenters. The van der Waals surface area contributed by atoms with Gasteiger partial charge in [0.25, 0.3) is 11.7 Å². The Morgan fingerprint density at radius 2 is 1.67 bits per heavy atom. The molecule has 2 aromatic rings. The first kappa shape index (κ1) is 24.5. The van der Waals surface area contributed by atoms with Gasteiger partial charge in [0.05, 0.1) is 24.8 Å². The number of Topliss-reactive ketones (excluding diaryl/α,β-unsaturated/α-hetero) is 1. The number of aliphatic hydroxyl groups is 1. The molecule has 1 amide bonds. The zero-order valence-electron chi connectivity index (χ0n) is 19.7. The first-order valence-corrected chi connectivity index (χ1v) is 11.6. The van der Waals surface area contributed by atoms with E-state index in [2.05, 4.69) is 13.8 Å². The summed E-state index contributed by atoms with van der Waals surface area (Å²) in [5.41, 5.74) is 2.50. The highest BCUT2D eigenvalue weighted by molar-refractivity contribution is 6.46. The van der Waals surface area contributed by atoms with Crippen LogP contribution in [-0.4, -0.2) is 48.6 Å². The number of ketones is 1. The highest BCUT2D eigenvalue weighted by atomic mass is 16.5. The minimum atomic E-state index is -0.687. The molecule has 0 aliphatic carbocycles. The number of amides is 1. The quantitative estimate of drug-likeness (QED) is 0.228. The Hall–Kier alpha value is -3.12. The smallest absolute Gasteiger partial charge is 0.295 e. The van der Waals surface area contributed by atoms with Crippen molar-refractivity contribution in [2.75, 3.05) is 26.9 Å². The molecular formula is C27H33NO5. The van der Waals surface area contributed by atoms with E-state index >= 15 is 0 Å². The van der Waals surface area contributed by atoms with Crippen LogP contribution in [0.2, 0.25) is 0 Å². The van der Waals surface area contributed by atoms with E-state index in [9.17, 15) is 14.7 Å². The van der Waals surface area contributed by atoms with Crippen LogP contribution in [0.15, 0.2) is 54.1 Å². The van der Waals surface area contributed by atoms with Gasteiger partial charge in [0, 0.05) is 19.2 Å². The monoisotopic (exact) mass is 451 g/mol. The van der Waals surface area contributed by atoms with E-state index in [1.165, 1.54) is 4.90 Å². The second-order valence-electron chi connectivity index (χ2n) is 8.16. The van der Waals surface area contributed by atoms with Crippen molar-refractivity contribution in [2.24, 2.45) is 0 Å². The molecule has 0 bridgehead atoms. The molecule has 1 unspecified atom stereocenters. The SMILES string of the molecule is CCCCCOc1ccc(/C(O)=C2/C(=O)C(=O)N(CCOC)C2c2ccc(CC)cc2)cc1. The molecule has 0 radical (unpaired) electrons. The summed E-state index contributed by atoms with van der Waals surface area (Å²) in [6.45, 7) is 5.39. The first-order valence-electron chi connectivity index (χ1n) is 11.6. The van der Waals surface area contributed by atoms with E-state index in [1.807, 2.05) is 24.3 Å². The molecular weight excluding hydrogens is 418 g/mol. The normalized spacial score (nSPS) is 17.5. The van der Waals surface area contributed by atoms with Crippen LogP contribution in [0.1, 0.15) is 55.8 Å². The van der Waals surface area contributed by atoms with Gasteiger partial charge in [-0.05, 0) is 48.2 Å². The first-order chi connectivity index (χ1) is 16.0. The van der Waals surface area contributed by atoms with Crippen molar-refractivity contribution in [3.8, 4) is 5.75 Å². The number of hydrogen-bond acceptors (Lipinski definition) is 5. The molecule has 0 saturated carbocycles. The molecule has 2 aromatic carbocycles. The predicted molar refractivity (Wildman–Crippen MR) is 128 cm³/mol. The summed E-state index contributed by atoms with van der Waals surface area (Å²) in [4.78, 5) is 27.3. The third kappa shape index (κ3) is 5.63. The second kappa shape index (κ2) is 11.7. The number of likely N-dealkylation sites (tertiary alicyclic amines) is 1. The summed E-state index contributed by atoms with van der Waals surface area (Å²) >= 11 is 0. The fraction of sp³-hybridized carbons (Fsp3) is 0.407. The zero-order valence-corrected chi connectivity index (χ0v) is 19.7. The molecule has 0 spiro atoms. The van der Waals surface area contributed by atoms with Crippen LogP contribution in [-0.2, 0) is 20.7 Å². The van der Waals surface area contributed by atoms with Gasteiger partial charge in [0.15, 0.2) is 0 Å². The number of rotatable bonds is 11. The largest absolute Gasteiger partial charge is 0.507 e. The van der Waals surface area contributed by atoms with Gasteiger partial charge in [0.1, 0.15) is 11.5 Å². The molecule has 1 aliphatic rings. The average molecular weight is 452 g/mol. The molecule has 0 aromatic heterocycles. The summed E-state index contributed by atoms with van der Waals surface area (Å²) in [6, 6.07) is 14.1. The predicted octanol–water partition coefficient (Wildman–Crippen LogP) is 4.89. The Balaban J connectivity index is 1.95. The van der Waals surface area contributed by atoms with E-state index < -0.39 is 17.7 Å². The summed E-state index contributed by atoms with van der Waals surface area (Å²) < 4.78 is 10.9. The number of benzene rings is 2. The van der Waals surface area contributed by atoms with E-state index in [0.717, 1.165) is 36.8 Å². The minimum absolute atomic E-state index is 0.0944. The molecule has 6 nitrogen and oxygen atoms in total. The molecule has 1 saturated heterocycles. The number of aliphatic hydroxyl groups excluding tert-OH is 1. The van der Waals surface area contributed by atoms with Gasteiger partial charge >= 0.3 is 0 Å². The third-order valence-corrected chi connectivity index (χ3v) is 5.92. The summed E-state index contributed by atoms with van der Waals surface area (Å²) in [5, 5.41) is 11.1. The number of nitrogens with zero attached hydrogens (tertiary/aromatic N) is 1. The zero-order chi connectivity index (χ0) is 23.8. The van der Waals surface area contributed by atoms with Crippen molar-refractivity contribution in [2.45, 2.75) is 45.6 Å². The highest BCUT2D eigenvalue weighted by Crippen LogP contribution is 2.39. The molecule has 1 heterocycles. The van der Waals surface area contributed by atoms with Gasteiger partial charge in [-0.2, -0.15) is 0 Å². The number of carbonyl (C=O) groups is 2. The lowest BCUT2D eigenvalue weighted by molar-refractivity contribution is -0.140. The maximum absolute atomic E-state index is 13.0. The van der Waals surface area contributed by atoms with Gasteiger partial charge in [-0.25, -0.2) is 0 Å². The maximum Gasteiger partial charge on any atom is 0.295 e. The Morgan fingerprint density at radius 1 is 0.970 bits per heavy atom. The van der Waals surface area contributed by atoms with Gasteiger partial charge in [-0.15, -0.1) is 0 Å². The number of aryl methyl sites for hydroxylation is 1. The lowest BCUT2D eigenvalue weighted by Crippen LogP contribution is -2.32. The van der Waals surface area contributed by atoms with Gasteiger partial charge in [0.2, 0.25) is 0 Å².